The summed E-state index contributed by atoms with van der Waals surface area (Å²) in [6, 6.07) is 0. The van der Waals surface area contributed by atoms with Gasteiger partial charge in [-0.25, -0.2) is 4.98 Å². The normalized spacial score (nSPS) is 32.1. The molecule has 0 unspecified atom stereocenters. The standard InChI is InChI=1S/C12H17N3O3/c16-9-8-15(11(17)10-13-4-5-14-10)6-3-12(9)2-1-7-18-12/h4-5,9,16H,1-3,6-8H2,(H,13,14)/t9-,12-/m0/s1. The number of imidazole rings is 1. The van der Waals surface area contributed by atoms with Crippen LogP contribution in [0.15, 0.2) is 12.4 Å². The molecule has 0 aliphatic carbocycles. The number of aromatic nitrogens is 2. The predicted molar refractivity (Wildman–Crippen MR) is 63.0 cm³/mol. The Kier molecular flexibility index (Phi) is 2.83. The van der Waals surface area contributed by atoms with Crippen molar-refractivity contribution in [3.05, 3.63) is 18.2 Å². The quantitative estimate of drug-likeness (QED) is 0.745. The Balaban J connectivity index is 1.70. The average Bonchev–Trinajstić information content (AvgIpc) is 3.04. The van der Waals surface area contributed by atoms with Gasteiger partial charge in [-0.2, -0.15) is 0 Å². The first-order valence-corrected chi connectivity index (χ1v) is 6.32. The molecule has 3 rings (SSSR count). The smallest absolute Gasteiger partial charge is 0.289 e. The Bertz CT molecular complexity index is 426. The summed E-state index contributed by atoms with van der Waals surface area (Å²) in [5.41, 5.74) is -0.417. The molecular formula is C12H17N3O3. The Morgan fingerprint density at radius 2 is 2.50 bits per heavy atom. The van der Waals surface area contributed by atoms with Crippen LogP contribution in [0.5, 0.6) is 0 Å². The molecule has 1 aromatic rings. The Morgan fingerprint density at radius 1 is 1.61 bits per heavy atom. The number of aliphatic hydroxyl groups excluding tert-OH is 1. The number of amides is 1. The zero-order valence-electron chi connectivity index (χ0n) is 10.1. The molecule has 0 radical (unpaired) electrons. The molecule has 3 heterocycles. The number of aliphatic hydroxyl groups is 1. The fraction of sp³-hybridized carbons (Fsp3) is 0.667. The van der Waals surface area contributed by atoms with E-state index in [1.165, 1.54) is 0 Å². The lowest BCUT2D eigenvalue weighted by molar-refractivity contribution is -0.123. The summed E-state index contributed by atoms with van der Waals surface area (Å²) < 4.78 is 5.70. The number of carbonyl (C=O) groups excluding carboxylic acids is 1. The molecule has 1 aromatic heterocycles. The van der Waals surface area contributed by atoms with Crippen molar-refractivity contribution < 1.29 is 14.6 Å². The van der Waals surface area contributed by atoms with Crippen LogP contribution in [0, 0.1) is 0 Å². The maximum absolute atomic E-state index is 12.1. The van der Waals surface area contributed by atoms with E-state index in [1.54, 1.807) is 17.3 Å². The lowest BCUT2D eigenvalue weighted by atomic mass is 9.86. The first kappa shape index (κ1) is 11.7. The molecule has 1 spiro atoms. The van der Waals surface area contributed by atoms with Gasteiger partial charge in [-0.3, -0.25) is 4.79 Å². The highest BCUT2D eigenvalue weighted by Crippen LogP contribution is 2.36. The fourth-order valence-electron chi connectivity index (χ4n) is 2.85. The third-order valence-corrected chi connectivity index (χ3v) is 3.93. The van der Waals surface area contributed by atoms with E-state index in [0.717, 1.165) is 12.8 Å². The second kappa shape index (κ2) is 4.37. The highest BCUT2D eigenvalue weighted by molar-refractivity contribution is 5.90. The summed E-state index contributed by atoms with van der Waals surface area (Å²) in [5, 5.41) is 10.2. The molecule has 2 saturated heterocycles. The third kappa shape index (κ3) is 1.81. The van der Waals surface area contributed by atoms with Crippen molar-refractivity contribution in [2.45, 2.75) is 31.0 Å². The molecule has 6 heteroatoms. The van der Waals surface area contributed by atoms with Crippen molar-refractivity contribution in [3.63, 3.8) is 0 Å². The van der Waals surface area contributed by atoms with E-state index in [2.05, 4.69) is 9.97 Å². The molecule has 0 bridgehead atoms. The number of likely N-dealkylation sites (tertiary alicyclic amines) is 1. The van der Waals surface area contributed by atoms with Crippen LogP contribution in [0.1, 0.15) is 29.9 Å². The third-order valence-electron chi connectivity index (χ3n) is 3.93. The van der Waals surface area contributed by atoms with Gasteiger partial charge in [-0.1, -0.05) is 0 Å². The Hall–Kier alpha value is -1.40. The average molecular weight is 251 g/mol. The molecule has 2 fully saturated rings. The van der Waals surface area contributed by atoms with Crippen LogP contribution in [0.2, 0.25) is 0 Å². The Morgan fingerprint density at radius 3 is 3.11 bits per heavy atom. The molecule has 0 aromatic carbocycles. The summed E-state index contributed by atoms with van der Waals surface area (Å²) >= 11 is 0. The summed E-state index contributed by atoms with van der Waals surface area (Å²) in [4.78, 5) is 20.5. The molecular weight excluding hydrogens is 234 g/mol. The number of nitrogens with zero attached hydrogens (tertiary/aromatic N) is 2. The molecule has 2 atom stereocenters. The minimum atomic E-state index is -0.604. The maximum Gasteiger partial charge on any atom is 0.289 e. The lowest BCUT2D eigenvalue weighted by Gasteiger charge is -2.42. The number of β-amino-alcohol motifs (C(OH)–C–C–N with tert-alkyl or cyclic N) is 1. The highest BCUT2D eigenvalue weighted by Gasteiger charge is 2.46. The SMILES string of the molecule is O=C(c1ncc[nH]1)N1CC[C@@]2(CCCO2)[C@@H](O)C1. The molecule has 6 nitrogen and oxygen atoms in total. The largest absolute Gasteiger partial charge is 0.388 e. The van der Waals surface area contributed by atoms with Crippen LogP contribution >= 0.6 is 0 Å². The van der Waals surface area contributed by atoms with Crippen molar-refractivity contribution in [3.8, 4) is 0 Å². The second-order valence-corrected chi connectivity index (χ2v) is 4.97. The van der Waals surface area contributed by atoms with Gasteiger partial charge in [0.05, 0.1) is 5.60 Å². The Labute approximate surface area is 105 Å². The number of piperidine rings is 1. The van der Waals surface area contributed by atoms with Gasteiger partial charge < -0.3 is 19.7 Å². The number of carbonyl (C=O) groups is 1. The van der Waals surface area contributed by atoms with Crippen LogP contribution < -0.4 is 0 Å². The number of hydrogen-bond donors (Lipinski definition) is 2. The van der Waals surface area contributed by atoms with Crippen molar-refractivity contribution in [2.24, 2.45) is 0 Å². The molecule has 1 amide bonds. The molecule has 2 aliphatic heterocycles. The van der Waals surface area contributed by atoms with E-state index in [9.17, 15) is 9.90 Å². The van der Waals surface area contributed by atoms with Gasteiger partial charge in [0, 0.05) is 32.1 Å². The fourth-order valence-corrected chi connectivity index (χ4v) is 2.85. The first-order valence-electron chi connectivity index (χ1n) is 6.32. The second-order valence-electron chi connectivity index (χ2n) is 4.97. The van der Waals surface area contributed by atoms with E-state index in [1.807, 2.05) is 0 Å². The minimum absolute atomic E-state index is 0.160. The first-order chi connectivity index (χ1) is 8.71. The van der Waals surface area contributed by atoms with Gasteiger partial charge in [-0.05, 0) is 19.3 Å². The van der Waals surface area contributed by atoms with Gasteiger partial charge >= 0.3 is 0 Å². The van der Waals surface area contributed by atoms with Crippen molar-refractivity contribution >= 4 is 5.91 Å². The molecule has 18 heavy (non-hydrogen) atoms. The monoisotopic (exact) mass is 251 g/mol. The number of rotatable bonds is 1. The molecule has 2 aliphatic rings. The maximum atomic E-state index is 12.1. The van der Waals surface area contributed by atoms with Crippen LogP contribution in [0.25, 0.3) is 0 Å². The van der Waals surface area contributed by atoms with Gasteiger partial charge in [-0.15, -0.1) is 0 Å². The van der Waals surface area contributed by atoms with Crippen molar-refractivity contribution in [1.82, 2.24) is 14.9 Å². The summed E-state index contributed by atoms with van der Waals surface area (Å²) in [7, 11) is 0. The number of nitrogens with one attached hydrogen (secondary N) is 1. The van der Waals surface area contributed by atoms with E-state index < -0.39 is 11.7 Å². The van der Waals surface area contributed by atoms with Crippen LogP contribution in [0.3, 0.4) is 0 Å². The zero-order chi connectivity index (χ0) is 12.6. The van der Waals surface area contributed by atoms with Crippen molar-refractivity contribution in [1.29, 1.82) is 0 Å². The summed E-state index contributed by atoms with van der Waals surface area (Å²) in [5.74, 6) is 0.164. The van der Waals surface area contributed by atoms with Gasteiger partial charge in [0.2, 0.25) is 0 Å². The number of H-pyrrole nitrogens is 1. The highest BCUT2D eigenvalue weighted by atomic mass is 16.5. The van der Waals surface area contributed by atoms with Gasteiger partial charge in [0.25, 0.3) is 5.91 Å². The number of aromatic amines is 1. The van der Waals surface area contributed by atoms with E-state index in [0.29, 0.717) is 31.9 Å². The van der Waals surface area contributed by atoms with Gasteiger partial charge in [0.1, 0.15) is 6.10 Å². The topological polar surface area (TPSA) is 78.5 Å². The van der Waals surface area contributed by atoms with Crippen LogP contribution in [-0.4, -0.2) is 57.3 Å². The molecule has 0 saturated carbocycles. The van der Waals surface area contributed by atoms with Crippen LogP contribution in [0.4, 0.5) is 0 Å². The van der Waals surface area contributed by atoms with Crippen molar-refractivity contribution in [2.75, 3.05) is 19.7 Å². The summed E-state index contributed by atoms with van der Waals surface area (Å²) in [6.45, 7) is 1.64. The van der Waals surface area contributed by atoms with Crippen LogP contribution in [-0.2, 0) is 4.74 Å². The number of hydrogen-bond acceptors (Lipinski definition) is 4. The number of ether oxygens (including phenoxy) is 1. The van der Waals surface area contributed by atoms with E-state index in [-0.39, 0.29) is 5.91 Å². The van der Waals surface area contributed by atoms with E-state index >= 15 is 0 Å². The zero-order valence-corrected chi connectivity index (χ0v) is 10.1. The molecule has 98 valence electrons. The van der Waals surface area contributed by atoms with Gasteiger partial charge in [0.15, 0.2) is 5.82 Å². The van der Waals surface area contributed by atoms with E-state index in [4.69, 9.17) is 4.74 Å². The molecule has 2 N–H and O–H groups in total. The minimum Gasteiger partial charge on any atom is -0.388 e. The lowest BCUT2D eigenvalue weighted by Crippen LogP contribution is -2.56. The predicted octanol–water partition coefficient (Wildman–Crippen LogP) is 0.166. The summed E-state index contributed by atoms with van der Waals surface area (Å²) in [6.07, 6.45) is 5.14.